The van der Waals surface area contributed by atoms with E-state index in [2.05, 4.69) is 58.9 Å². The van der Waals surface area contributed by atoms with Gasteiger partial charge >= 0.3 is 0 Å². The molecule has 4 nitrogen and oxygen atoms in total. The van der Waals surface area contributed by atoms with Crippen LogP contribution in [0.4, 0.5) is 5.69 Å². The number of ketones is 1. The predicted octanol–water partition coefficient (Wildman–Crippen LogP) is 6.29. The van der Waals surface area contributed by atoms with Crippen molar-refractivity contribution in [1.29, 1.82) is 5.26 Å². The van der Waals surface area contributed by atoms with Gasteiger partial charge in [0.25, 0.3) is 0 Å². The third-order valence-electron chi connectivity index (χ3n) is 6.29. The van der Waals surface area contributed by atoms with Crippen molar-refractivity contribution in [2.24, 2.45) is 11.1 Å². The fourth-order valence-corrected chi connectivity index (χ4v) is 5.95. The van der Waals surface area contributed by atoms with Crippen LogP contribution in [0.2, 0.25) is 0 Å². The smallest absolute Gasteiger partial charge is 0.162 e. The van der Waals surface area contributed by atoms with Crippen LogP contribution in [0.3, 0.4) is 0 Å². The molecule has 32 heavy (non-hydrogen) atoms. The molecular formula is C27H31N3OS. The van der Waals surface area contributed by atoms with E-state index < -0.39 is 5.92 Å². The van der Waals surface area contributed by atoms with Crippen LogP contribution >= 0.6 is 11.3 Å². The molecule has 1 aliphatic carbocycles. The Balaban J connectivity index is 1.98. The van der Waals surface area contributed by atoms with Crippen LogP contribution in [0.15, 0.2) is 59.1 Å². The number of nitriles is 1. The zero-order chi connectivity index (χ0) is 23.4. The molecule has 0 fully saturated rings. The van der Waals surface area contributed by atoms with E-state index in [-0.39, 0.29) is 16.6 Å². The number of anilines is 1. The second-order valence-electron chi connectivity index (χ2n) is 10.8. The minimum absolute atomic E-state index is 0.00300. The second kappa shape index (κ2) is 7.64. The van der Waals surface area contributed by atoms with Gasteiger partial charge in [-0.25, -0.2) is 0 Å². The van der Waals surface area contributed by atoms with Crippen LogP contribution in [0.25, 0.3) is 0 Å². The highest BCUT2D eigenvalue weighted by molar-refractivity contribution is 7.12. The Kier molecular flexibility index (Phi) is 5.33. The number of carbonyl (C=O) groups excluding carboxylic acids is 1. The average molecular weight is 446 g/mol. The summed E-state index contributed by atoms with van der Waals surface area (Å²) in [6, 6.07) is 14.6. The van der Waals surface area contributed by atoms with Crippen molar-refractivity contribution in [3.8, 4) is 6.07 Å². The number of hydrogen-bond donors (Lipinski definition) is 1. The topological polar surface area (TPSA) is 70.1 Å². The molecule has 0 unspecified atom stereocenters. The summed E-state index contributed by atoms with van der Waals surface area (Å²) >= 11 is 1.68. The Morgan fingerprint density at radius 3 is 2.50 bits per heavy atom. The maximum absolute atomic E-state index is 13.6. The lowest BCUT2D eigenvalue weighted by molar-refractivity contribution is -0.118. The van der Waals surface area contributed by atoms with E-state index in [0.29, 0.717) is 17.8 Å². The molecule has 0 saturated heterocycles. The lowest BCUT2D eigenvalue weighted by atomic mass is 9.69. The molecule has 0 saturated carbocycles. The Morgan fingerprint density at radius 1 is 1.19 bits per heavy atom. The maximum atomic E-state index is 13.6. The minimum atomic E-state index is -0.402. The third kappa shape index (κ3) is 3.78. The normalized spacial score (nSPS) is 21.0. The second-order valence-corrected chi connectivity index (χ2v) is 11.9. The average Bonchev–Trinajstić information content (AvgIpc) is 3.16. The maximum Gasteiger partial charge on any atom is 0.162 e. The molecule has 0 bridgehead atoms. The van der Waals surface area contributed by atoms with Crippen molar-refractivity contribution in [2.45, 2.75) is 65.7 Å². The van der Waals surface area contributed by atoms with Gasteiger partial charge in [0.05, 0.1) is 17.6 Å². The number of rotatable bonds is 2. The van der Waals surface area contributed by atoms with E-state index in [0.717, 1.165) is 33.8 Å². The number of aryl methyl sites for hydroxylation is 1. The lowest BCUT2D eigenvalue weighted by Crippen LogP contribution is -2.42. The van der Waals surface area contributed by atoms with Crippen molar-refractivity contribution < 1.29 is 4.79 Å². The quantitative estimate of drug-likeness (QED) is 0.589. The number of Topliss-reactive ketones (excluding diaryl/α,β-unsaturated/α-hetero) is 1. The fraction of sp³-hybridized carbons (Fsp3) is 0.407. The molecule has 4 rings (SSSR count). The predicted molar refractivity (Wildman–Crippen MR) is 131 cm³/mol. The minimum Gasteiger partial charge on any atom is -0.384 e. The summed E-state index contributed by atoms with van der Waals surface area (Å²) in [4.78, 5) is 17.8. The van der Waals surface area contributed by atoms with Crippen LogP contribution in [-0.4, -0.2) is 5.78 Å². The zero-order valence-corrected chi connectivity index (χ0v) is 20.6. The van der Waals surface area contributed by atoms with Gasteiger partial charge in [-0.2, -0.15) is 5.26 Å². The first kappa shape index (κ1) is 22.4. The molecule has 5 heteroatoms. The SMILES string of the molecule is Cc1cccc(N2C(N)=C(C#N)[C@@H](c3ccc(C(C)(C)C)s3)C3=C2CC(C)(C)CC3=O)c1. The summed E-state index contributed by atoms with van der Waals surface area (Å²) in [7, 11) is 0. The Bertz CT molecular complexity index is 1200. The molecule has 166 valence electrons. The standard InChI is InChI=1S/C27H31N3OS/c1-16-8-7-9-17(12-16)30-19-13-27(5,6)14-20(31)24(19)23(18(15-28)25(30)29)21-10-11-22(32-21)26(2,3)4/h7-12,23H,13-14,29H2,1-6H3/t23-/m0/s1. The van der Waals surface area contributed by atoms with Gasteiger partial charge in [0.15, 0.2) is 5.78 Å². The molecule has 2 aliphatic rings. The van der Waals surface area contributed by atoms with E-state index in [1.165, 1.54) is 4.88 Å². The number of hydrogen-bond acceptors (Lipinski definition) is 5. The van der Waals surface area contributed by atoms with Gasteiger partial charge in [0, 0.05) is 33.1 Å². The van der Waals surface area contributed by atoms with E-state index in [1.54, 1.807) is 11.3 Å². The van der Waals surface area contributed by atoms with Crippen LogP contribution in [0, 0.1) is 23.7 Å². The molecule has 1 aliphatic heterocycles. The molecule has 0 spiro atoms. The van der Waals surface area contributed by atoms with Crippen LogP contribution < -0.4 is 10.6 Å². The largest absolute Gasteiger partial charge is 0.384 e. The lowest BCUT2D eigenvalue weighted by Gasteiger charge is -2.43. The molecule has 1 atom stereocenters. The highest BCUT2D eigenvalue weighted by Gasteiger charge is 2.45. The fourth-order valence-electron chi connectivity index (χ4n) is 4.77. The van der Waals surface area contributed by atoms with Gasteiger partial charge in [0.2, 0.25) is 0 Å². The Hall–Kier alpha value is -2.84. The van der Waals surface area contributed by atoms with E-state index in [1.807, 2.05) is 30.0 Å². The van der Waals surface area contributed by atoms with Crippen molar-refractivity contribution in [3.05, 3.63) is 74.4 Å². The highest BCUT2D eigenvalue weighted by Crippen LogP contribution is 2.51. The molecule has 2 N–H and O–H groups in total. The third-order valence-corrected chi connectivity index (χ3v) is 7.87. The van der Waals surface area contributed by atoms with Crippen molar-refractivity contribution in [1.82, 2.24) is 0 Å². The monoisotopic (exact) mass is 445 g/mol. The van der Waals surface area contributed by atoms with Crippen LogP contribution in [0.1, 0.15) is 68.7 Å². The molecule has 0 amide bonds. The van der Waals surface area contributed by atoms with Crippen molar-refractivity contribution in [2.75, 3.05) is 4.90 Å². The van der Waals surface area contributed by atoms with Crippen molar-refractivity contribution in [3.63, 3.8) is 0 Å². The summed E-state index contributed by atoms with van der Waals surface area (Å²) in [6.45, 7) is 12.8. The zero-order valence-electron chi connectivity index (χ0n) is 19.7. The Morgan fingerprint density at radius 2 is 1.91 bits per heavy atom. The number of thiophene rings is 1. The molecular weight excluding hydrogens is 414 g/mol. The molecule has 0 radical (unpaired) electrons. The van der Waals surface area contributed by atoms with Gasteiger partial charge in [-0.1, -0.05) is 46.8 Å². The van der Waals surface area contributed by atoms with Crippen LogP contribution in [0.5, 0.6) is 0 Å². The van der Waals surface area contributed by atoms with Gasteiger partial charge in [-0.15, -0.1) is 11.3 Å². The summed E-state index contributed by atoms with van der Waals surface area (Å²) in [5, 5.41) is 10.2. The molecule has 1 aromatic carbocycles. The van der Waals surface area contributed by atoms with E-state index in [4.69, 9.17) is 5.73 Å². The Labute approximate surface area is 195 Å². The first-order valence-electron chi connectivity index (χ1n) is 11.1. The van der Waals surface area contributed by atoms with Gasteiger partial charge in [-0.3, -0.25) is 9.69 Å². The summed E-state index contributed by atoms with van der Waals surface area (Å²) < 4.78 is 0. The van der Waals surface area contributed by atoms with Gasteiger partial charge in [-0.05, 0) is 54.0 Å². The molecule has 2 heterocycles. The summed E-state index contributed by atoms with van der Waals surface area (Å²) in [5.74, 6) is 0.142. The number of carbonyl (C=O) groups is 1. The van der Waals surface area contributed by atoms with Gasteiger partial charge < -0.3 is 5.73 Å². The number of nitrogens with two attached hydrogens (primary N) is 1. The number of allylic oxidation sites excluding steroid dienone is 3. The van der Waals surface area contributed by atoms with E-state index in [9.17, 15) is 10.1 Å². The summed E-state index contributed by atoms with van der Waals surface area (Å²) in [6.07, 6.45) is 1.20. The van der Waals surface area contributed by atoms with Crippen LogP contribution in [-0.2, 0) is 10.2 Å². The number of benzene rings is 1. The number of nitrogens with zero attached hydrogens (tertiary/aromatic N) is 2. The first-order chi connectivity index (χ1) is 14.9. The molecule has 2 aromatic rings. The van der Waals surface area contributed by atoms with Crippen molar-refractivity contribution >= 4 is 22.8 Å². The first-order valence-corrected chi connectivity index (χ1v) is 11.9. The summed E-state index contributed by atoms with van der Waals surface area (Å²) in [5.41, 5.74) is 10.7. The highest BCUT2D eigenvalue weighted by atomic mass is 32.1. The van der Waals surface area contributed by atoms with E-state index >= 15 is 0 Å². The van der Waals surface area contributed by atoms with Gasteiger partial charge in [0.1, 0.15) is 5.82 Å². The molecule has 1 aromatic heterocycles.